The summed E-state index contributed by atoms with van der Waals surface area (Å²) in [6.45, 7) is 3.02. The van der Waals surface area contributed by atoms with E-state index >= 15 is 0 Å². The second-order valence-electron chi connectivity index (χ2n) is 5.59. The van der Waals surface area contributed by atoms with Crippen molar-refractivity contribution in [3.63, 3.8) is 0 Å². The minimum Gasteiger partial charge on any atom is -0.494 e. The first-order valence-corrected chi connectivity index (χ1v) is 9.52. The van der Waals surface area contributed by atoms with Crippen LogP contribution in [0.2, 0.25) is 0 Å². The molecule has 0 radical (unpaired) electrons. The number of nitrogens with zero attached hydrogens (tertiary/aromatic N) is 1. The van der Waals surface area contributed by atoms with Crippen molar-refractivity contribution in [2.24, 2.45) is 0 Å². The van der Waals surface area contributed by atoms with Crippen LogP contribution in [0.1, 0.15) is 17.9 Å². The molecule has 1 saturated heterocycles. The highest BCUT2D eigenvalue weighted by atomic mass is 32.2. The van der Waals surface area contributed by atoms with Gasteiger partial charge in [-0.15, -0.1) is 11.8 Å². The van der Waals surface area contributed by atoms with Gasteiger partial charge in [-0.05, 0) is 43.4 Å². The Morgan fingerprint density at radius 2 is 1.88 bits per heavy atom. The zero-order chi connectivity index (χ0) is 18.7. The quantitative estimate of drug-likeness (QED) is 0.735. The molecule has 26 heavy (non-hydrogen) atoms. The van der Waals surface area contributed by atoms with E-state index in [0.29, 0.717) is 36.1 Å². The van der Waals surface area contributed by atoms with Crippen LogP contribution in [0.15, 0.2) is 36.4 Å². The summed E-state index contributed by atoms with van der Waals surface area (Å²) < 4.78 is 46.9. The van der Waals surface area contributed by atoms with Crippen molar-refractivity contribution < 1.29 is 17.9 Å². The minimum absolute atomic E-state index is 0.176. The third kappa shape index (κ3) is 4.07. The molecule has 0 saturated carbocycles. The van der Waals surface area contributed by atoms with E-state index in [0.717, 1.165) is 11.4 Å². The van der Waals surface area contributed by atoms with Crippen LogP contribution in [0, 0.1) is 17.5 Å². The Labute approximate surface area is 159 Å². The number of ether oxygens (including phenoxy) is 1. The van der Waals surface area contributed by atoms with Gasteiger partial charge in [-0.2, -0.15) is 0 Å². The molecule has 0 aromatic heterocycles. The molecule has 8 heteroatoms. The van der Waals surface area contributed by atoms with E-state index in [2.05, 4.69) is 5.32 Å². The van der Waals surface area contributed by atoms with Crippen molar-refractivity contribution >= 4 is 34.8 Å². The molecule has 1 fully saturated rings. The fourth-order valence-corrected chi connectivity index (χ4v) is 4.39. The summed E-state index contributed by atoms with van der Waals surface area (Å²) in [6, 6.07) is 8.63. The molecule has 3 nitrogen and oxygen atoms in total. The highest BCUT2D eigenvalue weighted by Gasteiger charge is 2.33. The van der Waals surface area contributed by atoms with Crippen LogP contribution in [-0.4, -0.2) is 28.9 Å². The van der Waals surface area contributed by atoms with Gasteiger partial charge in [0.1, 0.15) is 28.6 Å². The molecule has 2 aromatic rings. The zero-order valence-electron chi connectivity index (χ0n) is 14.0. The summed E-state index contributed by atoms with van der Waals surface area (Å²) in [5, 5.41) is 2.79. The Hall–Kier alpha value is -1.93. The average molecular weight is 398 g/mol. The lowest BCUT2D eigenvalue weighted by molar-refractivity contribution is 0.340. The zero-order valence-corrected chi connectivity index (χ0v) is 15.6. The van der Waals surface area contributed by atoms with Gasteiger partial charge in [-0.3, -0.25) is 0 Å². The topological polar surface area (TPSA) is 24.5 Å². The summed E-state index contributed by atoms with van der Waals surface area (Å²) in [5.41, 5.74) is 0.568. The number of thiocarbonyl (C=S) groups is 1. The predicted octanol–water partition coefficient (Wildman–Crippen LogP) is 4.95. The molecule has 1 aliphatic heterocycles. The summed E-state index contributed by atoms with van der Waals surface area (Å²) >= 11 is 6.78. The number of hydrogen-bond donors (Lipinski definition) is 1. The lowest BCUT2D eigenvalue weighted by Gasteiger charge is -2.27. The number of rotatable bonds is 4. The standard InChI is InChI=1S/C18H17F3N2OS2/c1-2-24-13-5-3-12(4-6-13)22-18(25)23-7-8-26-17(23)16-14(20)9-11(19)10-15(16)21/h3-6,9-10,17H,2,7-8H2,1H3,(H,22,25). The van der Waals surface area contributed by atoms with Gasteiger partial charge in [0.25, 0.3) is 0 Å². The number of halogens is 3. The van der Waals surface area contributed by atoms with Gasteiger partial charge in [0, 0.05) is 30.1 Å². The maximum absolute atomic E-state index is 14.1. The highest BCUT2D eigenvalue weighted by Crippen LogP contribution is 2.40. The van der Waals surface area contributed by atoms with Crippen molar-refractivity contribution in [1.29, 1.82) is 0 Å². The van der Waals surface area contributed by atoms with Gasteiger partial charge in [0.05, 0.1) is 12.2 Å². The van der Waals surface area contributed by atoms with E-state index in [9.17, 15) is 13.2 Å². The summed E-state index contributed by atoms with van der Waals surface area (Å²) in [5.74, 6) is -1.35. The molecule has 1 atom stereocenters. The molecule has 0 bridgehead atoms. The monoisotopic (exact) mass is 398 g/mol. The predicted molar refractivity (Wildman–Crippen MR) is 102 cm³/mol. The molecule has 2 aromatic carbocycles. The Bertz CT molecular complexity index is 779. The van der Waals surface area contributed by atoms with E-state index in [1.165, 1.54) is 11.8 Å². The van der Waals surface area contributed by atoms with Crippen molar-refractivity contribution in [2.45, 2.75) is 12.3 Å². The molecule has 138 valence electrons. The van der Waals surface area contributed by atoms with Crippen LogP contribution in [0.3, 0.4) is 0 Å². The summed E-state index contributed by atoms with van der Waals surface area (Å²) in [6.07, 6.45) is 0. The second-order valence-corrected chi connectivity index (χ2v) is 7.16. The number of nitrogens with one attached hydrogen (secondary N) is 1. The Balaban J connectivity index is 1.76. The normalized spacial score (nSPS) is 16.6. The molecule has 0 spiro atoms. The average Bonchev–Trinajstić information content (AvgIpc) is 3.05. The van der Waals surface area contributed by atoms with Crippen molar-refractivity contribution in [1.82, 2.24) is 4.90 Å². The fourth-order valence-electron chi connectivity index (χ4n) is 2.70. The molecule has 3 rings (SSSR count). The molecule has 0 amide bonds. The van der Waals surface area contributed by atoms with Crippen molar-refractivity contribution in [2.75, 3.05) is 24.2 Å². The van der Waals surface area contributed by atoms with Gasteiger partial charge < -0.3 is 15.0 Å². The Morgan fingerprint density at radius 3 is 2.50 bits per heavy atom. The minimum atomic E-state index is -0.937. The number of anilines is 1. The van der Waals surface area contributed by atoms with Gasteiger partial charge in [0.15, 0.2) is 5.11 Å². The van der Waals surface area contributed by atoms with Crippen LogP contribution in [0.5, 0.6) is 5.75 Å². The first-order valence-electron chi connectivity index (χ1n) is 8.06. The third-order valence-corrected chi connectivity index (χ3v) is 5.42. The fraction of sp³-hybridized carbons (Fsp3) is 0.278. The van der Waals surface area contributed by atoms with E-state index in [-0.39, 0.29) is 5.56 Å². The van der Waals surface area contributed by atoms with Gasteiger partial charge in [-0.25, -0.2) is 13.2 Å². The van der Waals surface area contributed by atoms with E-state index in [1.54, 1.807) is 4.90 Å². The van der Waals surface area contributed by atoms with Gasteiger partial charge in [0.2, 0.25) is 0 Å². The van der Waals surface area contributed by atoms with Crippen LogP contribution in [0.4, 0.5) is 18.9 Å². The third-order valence-electron chi connectivity index (χ3n) is 3.86. The number of benzene rings is 2. The lowest BCUT2D eigenvalue weighted by Crippen LogP contribution is -2.34. The Kier molecular flexibility index (Phi) is 5.93. The van der Waals surface area contributed by atoms with Crippen molar-refractivity contribution in [3.8, 4) is 5.75 Å². The van der Waals surface area contributed by atoms with Crippen molar-refractivity contribution in [3.05, 3.63) is 59.4 Å². The van der Waals surface area contributed by atoms with Gasteiger partial charge in [-0.1, -0.05) is 0 Å². The first-order chi connectivity index (χ1) is 12.5. The van der Waals surface area contributed by atoms with Crippen LogP contribution in [-0.2, 0) is 0 Å². The van der Waals surface area contributed by atoms with Crippen LogP contribution in [0.25, 0.3) is 0 Å². The van der Waals surface area contributed by atoms with E-state index in [1.807, 2.05) is 31.2 Å². The maximum Gasteiger partial charge on any atom is 0.174 e. The van der Waals surface area contributed by atoms with Gasteiger partial charge >= 0.3 is 0 Å². The Morgan fingerprint density at radius 1 is 1.23 bits per heavy atom. The molecular weight excluding hydrogens is 381 g/mol. The van der Waals surface area contributed by atoms with E-state index in [4.69, 9.17) is 17.0 Å². The first kappa shape index (κ1) is 18.8. The summed E-state index contributed by atoms with van der Waals surface area (Å²) in [7, 11) is 0. The molecule has 0 aliphatic carbocycles. The van der Waals surface area contributed by atoms with Crippen LogP contribution < -0.4 is 10.1 Å². The molecule has 1 N–H and O–H groups in total. The highest BCUT2D eigenvalue weighted by molar-refractivity contribution is 7.99. The SMILES string of the molecule is CCOc1ccc(NC(=S)N2CCSC2c2c(F)cc(F)cc2F)cc1. The molecule has 1 unspecified atom stereocenters. The van der Waals surface area contributed by atoms with Crippen LogP contribution >= 0.6 is 24.0 Å². The largest absolute Gasteiger partial charge is 0.494 e. The summed E-state index contributed by atoms with van der Waals surface area (Å²) in [4.78, 5) is 1.70. The van der Waals surface area contributed by atoms with E-state index < -0.39 is 22.8 Å². The smallest absolute Gasteiger partial charge is 0.174 e. The second kappa shape index (κ2) is 8.18. The maximum atomic E-state index is 14.1. The lowest BCUT2D eigenvalue weighted by atomic mass is 10.1. The number of thioether (sulfide) groups is 1. The number of hydrogen-bond acceptors (Lipinski definition) is 3. The molecular formula is C18H17F3N2OS2. The molecule has 1 aliphatic rings. The molecule has 1 heterocycles.